The lowest BCUT2D eigenvalue weighted by molar-refractivity contribution is -0.175. The summed E-state index contributed by atoms with van der Waals surface area (Å²) in [6, 6.07) is 6.02. The number of carbonyl (C=O) groups excluding carboxylic acids is 2. The number of fused-ring (bicyclic) bond motifs is 2. The minimum Gasteiger partial charge on any atom is -0.444 e. The molecule has 2 aliphatic rings. The smallest absolute Gasteiger partial charge is 0.410 e. The lowest BCUT2D eigenvalue weighted by Crippen LogP contribution is -2.52. The molecule has 1 spiro atoms. The van der Waals surface area contributed by atoms with Gasteiger partial charge in [-0.05, 0) is 77.0 Å². The molecule has 0 radical (unpaired) electrons. The molecule has 4 heterocycles. The van der Waals surface area contributed by atoms with Crippen molar-refractivity contribution >= 4 is 35.1 Å². The zero-order valence-corrected chi connectivity index (χ0v) is 23.7. The summed E-state index contributed by atoms with van der Waals surface area (Å²) < 4.78 is 12.3. The number of hydrogen-bond acceptors (Lipinski definition) is 7. The molecule has 0 unspecified atom stereocenters. The van der Waals surface area contributed by atoms with Crippen molar-refractivity contribution in [1.29, 1.82) is 0 Å². The first-order chi connectivity index (χ1) is 16.9. The first kappa shape index (κ1) is 26.9. The van der Waals surface area contributed by atoms with E-state index in [1.165, 1.54) is 16.9 Å². The average molecular weight is 532 g/mol. The SMILES string of the molecule is CCSc1ccc(CNC(=O)c2cc3c(s2)C2(CCN(C(=O)OC(C)(C)C)CC2)OC(C)(C)C3)nc1. The van der Waals surface area contributed by atoms with E-state index in [1.54, 1.807) is 16.7 Å². The molecule has 0 bridgehead atoms. The maximum absolute atomic E-state index is 13.1. The summed E-state index contributed by atoms with van der Waals surface area (Å²) >= 11 is 3.26. The number of carbonyl (C=O) groups is 2. The molecule has 0 saturated carbocycles. The normalized spacial score (nSPS) is 18.6. The van der Waals surface area contributed by atoms with Crippen LogP contribution >= 0.6 is 23.1 Å². The van der Waals surface area contributed by atoms with Gasteiger partial charge in [-0.25, -0.2) is 4.79 Å². The fraction of sp³-hybridized carbons (Fsp3) is 0.593. The molecule has 0 atom stereocenters. The number of nitrogens with zero attached hydrogens (tertiary/aromatic N) is 2. The van der Waals surface area contributed by atoms with Crippen LogP contribution in [0.1, 0.15) is 80.2 Å². The predicted molar refractivity (Wildman–Crippen MR) is 144 cm³/mol. The Kier molecular flexibility index (Phi) is 7.74. The number of amides is 2. The highest BCUT2D eigenvalue weighted by molar-refractivity contribution is 7.99. The zero-order chi connectivity index (χ0) is 26.1. The highest BCUT2D eigenvalue weighted by atomic mass is 32.2. The van der Waals surface area contributed by atoms with Crippen LogP contribution in [0.5, 0.6) is 0 Å². The van der Waals surface area contributed by atoms with Gasteiger partial charge in [-0.2, -0.15) is 0 Å². The van der Waals surface area contributed by atoms with E-state index in [4.69, 9.17) is 9.47 Å². The number of rotatable bonds is 5. The molecular weight excluding hydrogens is 494 g/mol. The Labute approximate surface area is 222 Å². The van der Waals surface area contributed by atoms with Gasteiger partial charge in [0.05, 0.1) is 22.7 Å². The van der Waals surface area contributed by atoms with Crippen molar-refractivity contribution in [3.05, 3.63) is 45.4 Å². The molecule has 0 aromatic carbocycles. The molecule has 2 aromatic rings. The molecule has 9 heteroatoms. The van der Waals surface area contributed by atoms with Gasteiger partial charge in [0.2, 0.25) is 0 Å². The number of hydrogen-bond donors (Lipinski definition) is 1. The van der Waals surface area contributed by atoms with Gasteiger partial charge in [-0.3, -0.25) is 9.78 Å². The fourth-order valence-electron chi connectivity index (χ4n) is 4.86. The molecule has 1 fully saturated rings. The van der Waals surface area contributed by atoms with Gasteiger partial charge in [-0.15, -0.1) is 23.1 Å². The van der Waals surface area contributed by atoms with Crippen LogP contribution in [0.4, 0.5) is 4.79 Å². The van der Waals surface area contributed by atoms with Gasteiger partial charge < -0.3 is 19.7 Å². The molecular formula is C27H37N3O4S2. The standard InChI is InChI=1S/C27H37N3O4S2/c1-7-35-20-9-8-19(28-17-20)16-29-23(31)21-14-18-15-26(5,6)34-27(22(18)36-21)10-12-30(13-11-27)24(32)33-25(2,3)4/h8-9,14,17H,7,10-13,15-16H2,1-6H3,(H,29,31). The second-order valence-corrected chi connectivity index (χ2v) is 13.5. The van der Waals surface area contributed by atoms with Gasteiger partial charge in [0.25, 0.3) is 5.91 Å². The number of ether oxygens (including phenoxy) is 2. The largest absolute Gasteiger partial charge is 0.444 e. The average Bonchev–Trinajstić information content (AvgIpc) is 3.22. The van der Waals surface area contributed by atoms with E-state index in [1.807, 2.05) is 45.2 Å². The third kappa shape index (κ3) is 6.23. The van der Waals surface area contributed by atoms with Crippen molar-refractivity contribution in [2.24, 2.45) is 0 Å². The minimum atomic E-state index is -0.523. The van der Waals surface area contributed by atoms with E-state index in [9.17, 15) is 9.59 Å². The van der Waals surface area contributed by atoms with Gasteiger partial charge in [0.1, 0.15) is 11.2 Å². The summed E-state index contributed by atoms with van der Waals surface area (Å²) in [6.45, 7) is 13.4. The number of piperidine rings is 1. The van der Waals surface area contributed by atoms with Crippen molar-refractivity contribution in [2.75, 3.05) is 18.8 Å². The number of likely N-dealkylation sites (tertiary alicyclic amines) is 1. The molecule has 7 nitrogen and oxygen atoms in total. The molecule has 196 valence electrons. The zero-order valence-electron chi connectivity index (χ0n) is 22.1. The number of thioether (sulfide) groups is 1. The van der Waals surface area contributed by atoms with Crippen molar-refractivity contribution in [3.63, 3.8) is 0 Å². The molecule has 0 aliphatic carbocycles. The lowest BCUT2D eigenvalue weighted by Gasteiger charge is -2.49. The monoisotopic (exact) mass is 531 g/mol. The van der Waals surface area contributed by atoms with Gasteiger partial charge in [0, 0.05) is 35.5 Å². The van der Waals surface area contributed by atoms with Crippen molar-refractivity contribution in [3.8, 4) is 0 Å². The molecule has 36 heavy (non-hydrogen) atoms. The maximum atomic E-state index is 13.1. The number of nitrogens with one attached hydrogen (secondary N) is 1. The van der Waals surface area contributed by atoms with E-state index in [0.29, 0.717) is 37.4 Å². The quantitative estimate of drug-likeness (QED) is 0.494. The second-order valence-electron chi connectivity index (χ2n) is 11.1. The first-order valence-electron chi connectivity index (χ1n) is 12.6. The molecule has 1 saturated heterocycles. The van der Waals surface area contributed by atoms with Crippen LogP contribution in [0.15, 0.2) is 29.3 Å². The van der Waals surface area contributed by atoms with Crippen LogP contribution in [0.25, 0.3) is 0 Å². The fourth-order valence-corrected chi connectivity index (χ4v) is 6.76. The minimum absolute atomic E-state index is 0.0950. The van der Waals surface area contributed by atoms with Crippen LogP contribution < -0.4 is 5.32 Å². The molecule has 1 N–H and O–H groups in total. The van der Waals surface area contributed by atoms with E-state index in [-0.39, 0.29) is 17.6 Å². The van der Waals surface area contributed by atoms with E-state index >= 15 is 0 Å². The molecule has 2 aromatic heterocycles. The summed E-state index contributed by atoms with van der Waals surface area (Å²) in [6.07, 6.45) is 3.68. The number of pyridine rings is 1. The summed E-state index contributed by atoms with van der Waals surface area (Å²) in [5.74, 6) is 0.907. The van der Waals surface area contributed by atoms with Crippen LogP contribution in [-0.2, 0) is 28.0 Å². The predicted octanol–water partition coefficient (Wildman–Crippen LogP) is 5.76. The van der Waals surface area contributed by atoms with E-state index in [2.05, 4.69) is 31.1 Å². The third-order valence-electron chi connectivity index (χ3n) is 6.30. The molecule has 2 amide bonds. The Morgan fingerprint density at radius 2 is 1.97 bits per heavy atom. The van der Waals surface area contributed by atoms with E-state index in [0.717, 1.165) is 27.6 Å². The Bertz CT molecular complexity index is 1100. The Hall–Kier alpha value is -2.10. The van der Waals surface area contributed by atoms with Crippen LogP contribution in [0.2, 0.25) is 0 Å². The second kappa shape index (κ2) is 10.3. The molecule has 4 rings (SSSR count). The summed E-state index contributed by atoms with van der Waals surface area (Å²) in [7, 11) is 0. The van der Waals surface area contributed by atoms with Crippen LogP contribution in [-0.4, -0.2) is 51.9 Å². The van der Waals surface area contributed by atoms with Gasteiger partial charge >= 0.3 is 6.09 Å². The highest BCUT2D eigenvalue weighted by Crippen LogP contribution is 2.49. The van der Waals surface area contributed by atoms with Gasteiger partial charge in [-0.1, -0.05) is 6.92 Å². The Morgan fingerprint density at radius 3 is 2.58 bits per heavy atom. The summed E-state index contributed by atoms with van der Waals surface area (Å²) in [4.78, 5) is 34.8. The molecule has 2 aliphatic heterocycles. The Morgan fingerprint density at radius 1 is 1.25 bits per heavy atom. The van der Waals surface area contributed by atoms with Crippen molar-refractivity contribution < 1.29 is 19.1 Å². The topological polar surface area (TPSA) is 80.8 Å². The lowest BCUT2D eigenvalue weighted by atomic mass is 9.81. The first-order valence-corrected chi connectivity index (χ1v) is 14.4. The van der Waals surface area contributed by atoms with E-state index < -0.39 is 11.2 Å². The highest BCUT2D eigenvalue weighted by Gasteiger charge is 2.48. The van der Waals surface area contributed by atoms with Crippen LogP contribution in [0.3, 0.4) is 0 Å². The maximum Gasteiger partial charge on any atom is 0.410 e. The van der Waals surface area contributed by atoms with Crippen molar-refractivity contribution in [1.82, 2.24) is 15.2 Å². The number of thiophene rings is 1. The summed E-state index contributed by atoms with van der Waals surface area (Å²) in [5.41, 5.74) is 0.641. The van der Waals surface area contributed by atoms with Gasteiger partial charge in [0.15, 0.2) is 0 Å². The van der Waals surface area contributed by atoms with Crippen molar-refractivity contribution in [2.45, 2.75) is 89.0 Å². The third-order valence-corrected chi connectivity index (χ3v) is 8.52. The van der Waals surface area contributed by atoms with Crippen LogP contribution in [0, 0.1) is 0 Å². The number of aromatic nitrogens is 1. The summed E-state index contributed by atoms with van der Waals surface area (Å²) in [5, 5.41) is 3.02. The Balaban J connectivity index is 1.46.